The van der Waals surface area contributed by atoms with Gasteiger partial charge in [0, 0.05) is 25.1 Å². The highest BCUT2D eigenvalue weighted by atomic mass is 19.1. The second-order valence-electron chi connectivity index (χ2n) is 10.2. The van der Waals surface area contributed by atoms with Crippen LogP contribution in [0, 0.1) is 5.95 Å². The van der Waals surface area contributed by atoms with Gasteiger partial charge in [-0.15, -0.1) is 5.10 Å². The highest BCUT2D eigenvalue weighted by Crippen LogP contribution is 2.41. The summed E-state index contributed by atoms with van der Waals surface area (Å²) in [4.78, 5) is 35.4. The third-order valence-corrected chi connectivity index (χ3v) is 7.49. The van der Waals surface area contributed by atoms with Crippen LogP contribution in [0.5, 0.6) is 0 Å². The quantitative estimate of drug-likeness (QED) is 0.458. The highest BCUT2D eigenvalue weighted by Gasteiger charge is 2.41. The van der Waals surface area contributed by atoms with Crippen LogP contribution in [0.2, 0.25) is 0 Å². The van der Waals surface area contributed by atoms with Crippen molar-refractivity contribution in [1.29, 1.82) is 0 Å². The van der Waals surface area contributed by atoms with Crippen LogP contribution < -0.4 is 10.2 Å². The van der Waals surface area contributed by atoms with E-state index in [1.54, 1.807) is 18.3 Å². The molecule has 2 saturated heterocycles. The lowest BCUT2D eigenvalue weighted by Gasteiger charge is -2.30. The van der Waals surface area contributed by atoms with Gasteiger partial charge in [-0.2, -0.15) is 14.3 Å². The maximum absolute atomic E-state index is 14.8. The van der Waals surface area contributed by atoms with Crippen molar-refractivity contribution in [3.8, 4) is 0 Å². The second kappa shape index (κ2) is 10.1. The van der Waals surface area contributed by atoms with Gasteiger partial charge in [0.1, 0.15) is 18.8 Å². The van der Waals surface area contributed by atoms with E-state index in [2.05, 4.69) is 25.4 Å². The number of pyridine rings is 1. The van der Waals surface area contributed by atoms with Gasteiger partial charge in [0.2, 0.25) is 17.8 Å². The molecule has 0 unspecified atom stereocenters. The number of benzene rings is 1. The maximum atomic E-state index is 14.8. The Morgan fingerprint density at radius 3 is 2.58 bits per heavy atom. The number of anilines is 1. The van der Waals surface area contributed by atoms with Crippen molar-refractivity contribution in [3.05, 3.63) is 71.4 Å². The lowest BCUT2D eigenvalue weighted by atomic mass is 10.0. The summed E-state index contributed by atoms with van der Waals surface area (Å²) in [6.45, 7) is 1.42. The number of nitrogens with one attached hydrogen (secondary N) is 1. The highest BCUT2D eigenvalue weighted by molar-refractivity contribution is 5.88. The van der Waals surface area contributed by atoms with Crippen molar-refractivity contribution >= 4 is 17.6 Å². The maximum Gasteiger partial charge on any atom is 0.246 e. The molecule has 3 fully saturated rings. The minimum atomic E-state index is -1.33. The van der Waals surface area contributed by atoms with Gasteiger partial charge in [0.25, 0.3) is 0 Å². The molecule has 38 heavy (non-hydrogen) atoms. The topological polar surface area (TPSA) is 96.2 Å². The molecule has 2 aromatic heterocycles. The van der Waals surface area contributed by atoms with Crippen molar-refractivity contribution < 1.29 is 18.4 Å². The predicted molar refractivity (Wildman–Crippen MR) is 134 cm³/mol. The molecule has 3 aliphatic rings. The third-order valence-electron chi connectivity index (χ3n) is 7.49. The zero-order valence-corrected chi connectivity index (χ0v) is 20.8. The van der Waals surface area contributed by atoms with E-state index in [1.807, 2.05) is 30.3 Å². The van der Waals surface area contributed by atoms with E-state index < -0.39 is 36.0 Å². The first kappa shape index (κ1) is 24.4. The molecule has 0 bridgehead atoms. The molecule has 198 valence electrons. The van der Waals surface area contributed by atoms with Crippen LogP contribution in [0.4, 0.5) is 14.6 Å². The number of alkyl halides is 1. The summed E-state index contributed by atoms with van der Waals surface area (Å²) in [6, 6.07) is 10.8. The normalized spacial score (nSPS) is 21.7. The monoisotopic (exact) mass is 521 g/mol. The van der Waals surface area contributed by atoms with E-state index in [1.165, 1.54) is 9.70 Å². The summed E-state index contributed by atoms with van der Waals surface area (Å²) < 4.78 is 29.3. The summed E-state index contributed by atoms with van der Waals surface area (Å²) in [6.07, 6.45) is 3.13. The molecule has 3 aromatic rings. The molecule has 4 heterocycles. The van der Waals surface area contributed by atoms with Gasteiger partial charge in [-0.05, 0) is 36.8 Å². The molecule has 3 atom stereocenters. The molecule has 6 rings (SSSR count). The van der Waals surface area contributed by atoms with Crippen molar-refractivity contribution in [3.63, 3.8) is 0 Å². The molecule has 1 aliphatic carbocycles. The fraction of sp³-hybridized carbons (Fsp3) is 0.444. The number of hydrogen-bond acceptors (Lipinski definition) is 6. The van der Waals surface area contributed by atoms with Crippen LogP contribution in [0.1, 0.15) is 54.5 Å². The number of likely N-dealkylation sites (tertiary alicyclic amines) is 1. The Balaban J connectivity index is 1.20. The Hall–Kier alpha value is -3.89. The van der Waals surface area contributed by atoms with Gasteiger partial charge in [0.05, 0.1) is 24.5 Å². The second-order valence-corrected chi connectivity index (χ2v) is 10.2. The molecule has 2 amide bonds. The molecular weight excluding hydrogens is 492 g/mol. The Labute approximate surface area is 218 Å². The predicted octanol–water partition coefficient (Wildman–Crippen LogP) is 2.74. The van der Waals surface area contributed by atoms with E-state index in [9.17, 15) is 18.4 Å². The van der Waals surface area contributed by atoms with Crippen LogP contribution in [-0.2, 0) is 16.1 Å². The van der Waals surface area contributed by atoms with E-state index in [4.69, 9.17) is 0 Å². The lowest BCUT2D eigenvalue weighted by Crippen LogP contribution is -2.48. The number of rotatable bonds is 8. The first-order chi connectivity index (χ1) is 18.5. The van der Waals surface area contributed by atoms with Crippen molar-refractivity contribution in [2.75, 3.05) is 24.5 Å². The minimum absolute atomic E-state index is 0.118. The van der Waals surface area contributed by atoms with Gasteiger partial charge in [-0.25, -0.2) is 9.37 Å². The van der Waals surface area contributed by atoms with Crippen molar-refractivity contribution in [2.24, 2.45) is 0 Å². The van der Waals surface area contributed by atoms with Crippen LogP contribution in [-0.4, -0.2) is 68.5 Å². The van der Waals surface area contributed by atoms with Crippen molar-refractivity contribution in [2.45, 2.75) is 56.4 Å². The van der Waals surface area contributed by atoms with E-state index >= 15 is 0 Å². The number of nitrogens with zero attached hydrogens (tertiary/aromatic N) is 6. The van der Waals surface area contributed by atoms with E-state index in [0.717, 1.165) is 32.4 Å². The summed E-state index contributed by atoms with van der Waals surface area (Å²) in [5, 5.41) is 11.4. The van der Waals surface area contributed by atoms with E-state index in [-0.39, 0.29) is 25.4 Å². The molecule has 1 saturated carbocycles. The minimum Gasteiger partial charge on any atom is -0.354 e. The van der Waals surface area contributed by atoms with Crippen LogP contribution >= 0.6 is 0 Å². The Morgan fingerprint density at radius 1 is 1.11 bits per heavy atom. The summed E-state index contributed by atoms with van der Waals surface area (Å²) in [5.41, 5.74) is 1.64. The Morgan fingerprint density at radius 2 is 1.89 bits per heavy atom. The number of hydrogen-bond donors (Lipinski definition) is 1. The summed E-state index contributed by atoms with van der Waals surface area (Å²) in [7, 11) is 0. The Kier molecular flexibility index (Phi) is 6.50. The van der Waals surface area contributed by atoms with Crippen molar-refractivity contribution in [1.82, 2.24) is 30.2 Å². The van der Waals surface area contributed by atoms with Gasteiger partial charge < -0.3 is 15.1 Å². The van der Waals surface area contributed by atoms with Gasteiger partial charge >= 0.3 is 0 Å². The molecule has 1 aromatic carbocycles. The SMILES string of the molecule is O=C(N[C@@H](c1ccccc1)c1ccc(C2CC2)c(F)n1)[C@@H]1C[C@@H](F)CN1C(=O)Cn1ncc(N2CCC2)n1. The molecule has 11 heteroatoms. The Bertz CT molecular complexity index is 1330. The number of carbonyl (C=O) groups excluding carboxylic acids is 2. The number of amides is 2. The van der Waals surface area contributed by atoms with Gasteiger partial charge in [-0.3, -0.25) is 9.59 Å². The van der Waals surface area contributed by atoms with Crippen LogP contribution in [0.3, 0.4) is 0 Å². The van der Waals surface area contributed by atoms with Gasteiger partial charge in [0.15, 0.2) is 5.82 Å². The molecule has 2 aliphatic heterocycles. The molecule has 0 spiro atoms. The number of halogens is 2. The first-order valence-corrected chi connectivity index (χ1v) is 13.1. The summed E-state index contributed by atoms with van der Waals surface area (Å²) in [5.74, 6) is -0.597. The zero-order valence-electron chi connectivity index (χ0n) is 20.8. The smallest absolute Gasteiger partial charge is 0.246 e. The number of aromatic nitrogens is 4. The van der Waals surface area contributed by atoms with Gasteiger partial charge in [-0.1, -0.05) is 36.4 Å². The largest absolute Gasteiger partial charge is 0.354 e. The lowest BCUT2D eigenvalue weighted by molar-refractivity contribution is -0.139. The number of carbonyl (C=O) groups is 2. The molecule has 0 radical (unpaired) electrons. The fourth-order valence-corrected chi connectivity index (χ4v) is 5.11. The third kappa shape index (κ3) is 4.97. The zero-order chi connectivity index (χ0) is 26.2. The molecular formula is C27H29F2N7O2. The molecule has 1 N–H and O–H groups in total. The summed E-state index contributed by atoms with van der Waals surface area (Å²) >= 11 is 0. The average Bonchev–Trinajstić information content (AvgIpc) is 3.50. The van der Waals surface area contributed by atoms with E-state index in [0.29, 0.717) is 22.6 Å². The standard InChI is InChI=1S/C27H29F2N7O2/c28-19-13-22(35(15-19)24(37)16-36-30-14-23(33-36)34-11-4-12-34)27(38)32-25(18-5-2-1-3-6-18)21-10-9-20(17-7-8-17)26(29)31-21/h1-3,5-6,9-10,14,17,19,22,25H,4,7-8,11-13,15-16H2,(H,32,38)/t19-,22+,25+/m1/s1. The van der Waals surface area contributed by atoms with Crippen LogP contribution in [0.15, 0.2) is 48.7 Å². The van der Waals surface area contributed by atoms with Crippen LogP contribution in [0.25, 0.3) is 0 Å². The average molecular weight is 522 g/mol. The first-order valence-electron chi connectivity index (χ1n) is 13.1. The molecule has 9 nitrogen and oxygen atoms in total. The fourth-order valence-electron chi connectivity index (χ4n) is 5.11.